The smallest absolute Gasteiger partial charge is 0.0908 e. The molecule has 0 bridgehead atoms. The van der Waals surface area contributed by atoms with Gasteiger partial charge in [-0.05, 0) is 70.3 Å². The van der Waals surface area contributed by atoms with Gasteiger partial charge in [-0.3, -0.25) is 4.90 Å². The molecule has 0 aliphatic carbocycles. The van der Waals surface area contributed by atoms with Crippen molar-refractivity contribution in [3.63, 3.8) is 0 Å². The molecule has 2 aliphatic heterocycles. The Labute approximate surface area is 195 Å². The van der Waals surface area contributed by atoms with Crippen molar-refractivity contribution >= 4 is 11.4 Å². The maximum atomic E-state index is 2.70. The summed E-state index contributed by atoms with van der Waals surface area (Å²) in [5.74, 6) is 0. The summed E-state index contributed by atoms with van der Waals surface area (Å²) >= 11 is 0. The Morgan fingerprint density at radius 1 is 0.688 bits per heavy atom. The van der Waals surface area contributed by atoms with Gasteiger partial charge in [-0.1, -0.05) is 42.3 Å². The van der Waals surface area contributed by atoms with E-state index in [0.717, 1.165) is 19.8 Å². The highest BCUT2D eigenvalue weighted by Gasteiger charge is 2.35. The Morgan fingerprint density at radius 2 is 1.16 bits per heavy atom. The second-order valence-corrected chi connectivity index (χ2v) is 10.2. The molecule has 2 aliphatic rings. The first-order chi connectivity index (χ1) is 15.3. The van der Waals surface area contributed by atoms with Gasteiger partial charge in [0.2, 0.25) is 0 Å². The van der Waals surface area contributed by atoms with Crippen LogP contribution in [0.4, 0.5) is 11.4 Å². The highest BCUT2D eigenvalue weighted by atomic mass is 15.4. The van der Waals surface area contributed by atoms with Crippen LogP contribution in [0, 0.1) is 41.5 Å². The van der Waals surface area contributed by atoms with Crippen LogP contribution >= 0.6 is 0 Å². The fourth-order valence-electron chi connectivity index (χ4n) is 6.16. The van der Waals surface area contributed by atoms with E-state index in [1.165, 1.54) is 77.5 Å². The molecule has 4 heteroatoms. The summed E-state index contributed by atoms with van der Waals surface area (Å²) in [7, 11) is 0. The maximum absolute atomic E-state index is 2.70. The van der Waals surface area contributed by atoms with Gasteiger partial charge in [0.1, 0.15) is 0 Å². The van der Waals surface area contributed by atoms with Crippen molar-refractivity contribution < 1.29 is 0 Å². The molecule has 1 unspecified atom stereocenters. The summed E-state index contributed by atoms with van der Waals surface area (Å²) < 4.78 is 0. The number of anilines is 2. The predicted octanol–water partition coefficient (Wildman–Crippen LogP) is 4.83. The first kappa shape index (κ1) is 23.1. The highest BCUT2D eigenvalue weighted by molar-refractivity contribution is 5.67. The largest absolute Gasteiger partial charge is 0.351 e. The molecule has 4 nitrogen and oxygen atoms in total. The van der Waals surface area contributed by atoms with Crippen LogP contribution in [0.15, 0.2) is 24.3 Å². The fourth-order valence-corrected chi connectivity index (χ4v) is 6.16. The number of rotatable bonds is 5. The summed E-state index contributed by atoms with van der Waals surface area (Å²) in [5, 5.41) is 0. The van der Waals surface area contributed by atoms with Crippen LogP contribution in [-0.4, -0.2) is 68.3 Å². The Kier molecular flexibility index (Phi) is 6.83. The topological polar surface area (TPSA) is 13.0 Å². The lowest BCUT2D eigenvalue weighted by molar-refractivity contribution is 0.133. The van der Waals surface area contributed by atoms with E-state index in [9.17, 15) is 0 Å². The van der Waals surface area contributed by atoms with Gasteiger partial charge in [0.15, 0.2) is 0 Å². The van der Waals surface area contributed by atoms with Crippen molar-refractivity contribution in [2.75, 3.05) is 62.3 Å². The Balaban J connectivity index is 1.64. The number of nitrogens with zero attached hydrogens (tertiary/aromatic N) is 4. The molecule has 0 saturated carbocycles. The van der Waals surface area contributed by atoms with Gasteiger partial charge >= 0.3 is 0 Å². The van der Waals surface area contributed by atoms with Crippen molar-refractivity contribution in [1.29, 1.82) is 0 Å². The van der Waals surface area contributed by atoms with Gasteiger partial charge in [-0.15, -0.1) is 0 Å². The van der Waals surface area contributed by atoms with Gasteiger partial charge in [0.25, 0.3) is 0 Å². The lowest BCUT2D eigenvalue weighted by Gasteiger charge is -2.37. The van der Waals surface area contributed by atoms with Crippen molar-refractivity contribution in [3.8, 4) is 0 Å². The van der Waals surface area contributed by atoms with E-state index in [-0.39, 0.29) is 0 Å². The van der Waals surface area contributed by atoms with Crippen molar-refractivity contribution in [2.24, 2.45) is 0 Å². The molecule has 0 radical (unpaired) electrons. The average Bonchev–Trinajstić information content (AvgIpc) is 3.09. The molecule has 0 spiro atoms. The second kappa shape index (κ2) is 9.44. The SMILES string of the molecule is CCN1CCN(CC2CN(c3c(C)cc(C)cc3C)CN2c2c(C)cc(C)cc2C)CC1. The quantitative estimate of drug-likeness (QED) is 0.668. The molecule has 2 heterocycles. The Hall–Kier alpha value is -2.04. The first-order valence-electron chi connectivity index (χ1n) is 12.4. The molecular weight excluding hydrogens is 392 g/mol. The minimum atomic E-state index is 0.503. The zero-order valence-electron chi connectivity index (χ0n) is 21.3. The highest BCUT2D eigenvalue weighted by Crippen LogP contribution is 2.35. The van der Waals surface area contributed by atoms with Crippen LogP contribution in [0.5, 0.6) is 0 Å². The average molecular weight is 435 g/mol. The number of benzene rings is 2. The lowest BCUT2D eigenvalue weighted by Crippen LogP contribution is -2.51. The second-order valence-electron chi connectivity index (χ2n) is 10.2. The number of piperazine rings is 1. The summed E-state index contributed by atoms with van der Waals surface area (Å²) in [6.07, 6.45) is 0. The van der Waals surface area contributed by atoms with E-state index in [4.69, 9.17) is 0 Å². The fraction of sp³-hybridized carbons (Fsp3) is 0.571. The van der Waals surface area contributed by atoms with Crippen LogP contribution in [0.3, 0.4) is 0 Å². The zero-order valence-corrected chi connectivity index (χ0v) is 21.3. The van der Waals surface area contributed by atoms with Crippen LogP contribution < -0.4 is 9.80 Å². The van der Waals surface area contributed by atoms with E-state index in [0.29, 0.717) is 6.04 Å². The predicted molar refractivity (Wildman–Crippen MR) is 138 cm³/mol. The van der Waals surface area contributed by atoms with Crippen LogP contribution in [-0.2, 0) is 0 Å². The van der Waals surface area contributed by atoms with Crippen molar-refractivity contribution in [3.05, 3.63) is 57.6 Å². The molecule has 2 fully saturated rings. The zero-order chi connectivity index (χ0) is 23.0. The Morgan fingerprint density at radius 3 is 1.66 bits per heavy atom. The summed E-state index contributed by atoms with van der Waals surface area (Å²) in [6, 6.07) is 9.89. The van der Waals surface area contributed by atoms with Gasteiger partial charge in [0.05, 0.1) is 12.7 Å². The summed E-state index contributed by atoms with van der Waals surface area (Å²) in [6.45, 7) is 25.0. The lowest BCUT2D eigenvalue weighted by atomic mass is 10.0. The summed E-state index contributed by atoms with van der Waals surface area (Å²) in [4.78, 5) is 10.6. The van der Waals surface area contributed by atoms with Crippen LogP contribution in [0.25, 0.3) is 0 Å². The molecule has 0 N–H and O–H groups in total. The van der Waals surface area contributed by atoms with Crippen molar-refractivity contribution in [1.82, 2.24) is 9.80 Å². The Bertz CT molecular complexity index is 912. The van der Waals surface area contributed by atoms with Gasteiger partial charge < -0.3 is 14.7 Å². The molecule has 0 amide bonds. The molecule has 4 rings (SSSR count). The molecule has 2 aromatic rings. The third-order valence-electron chi connectivity index (χ3n) is 7.45. The number of hydrogen-bond acceptors (Lipinski definition) is 4. The van der Waals surface area contributed by atoms with Gasteiger partial charge in [0, 0.05) is 50.6 Å². The molecule has 2 saturated heterocycles. The third kappa shape index (κ3) is 4.67. The molecule has 32 heavy (non-hydrogen) atoms. The number of aryl methyl sites for hydroxylation is 6. The number of likely N-dealkylation sites (N-methyl/N-ethyl adjacent to an activating group) is 1. The van der Waals surface area contributed by atoms with Gasteiger partial charge in [-0.2, -0.15) is 0 Å². The van der Waals surface area contributed by atoms with E-state index in [1.54, 1.807) is 0 Å². The number of hydrogen-bond donors (Lipinski definition) is 0. The molecule has 0 aromatic heterocycles. The molecule has 1 atom stereocenters. The van der Waals surface area contributed by atoms with E-state index in [2.05, 4.69) is 92.3 Å². The van der Waals surface area contributed by atoms with Crippen molar-refractivity contribution in [2.45, 2.75) is 54.5 Å². The van der Waals surface area contributed by atoms with Crippen LogP contribution in [0.2, 0.25) is 0 Å². The van der Waals surface area contributed by atoms with E-state index in [1.807, 2.05) is 0 Å². The minimum absolute atomic E-state index is 0.503. The molecule has 2 aromatic carbocycles. The summed E-state index contributed by atoms with van der Waals surface area (Å²) in [5.41, 5.74) is 11.2. The van der Waals surface area contributed by atoms with Gasteiger partial charge in [-0.25, -0.2) is 0 Å². The van der Waals surface area contributed by atoms with E-state index >= 15 is 0 Å². The normalized spacial score (nSPS) is 20.4. The first-order valence-corrected chi connectivity index (χ1v) is 12.4. The third-order valence-corrected chi connectivity index (χ3v) is 7.45. The minimum Gasteiger partial charge on any atom is -0.351 e. The molecular formula is C28H42N4. The van der Waals surface area contributed by atoms with E-state index < -0.39 is 0 Å². The standard InChI is InChI=1S/C28H42N4/c1-8-29-9-11-30(12-10-29)17-26-18-31(27-22(4)13-20(2)14-23(27)5)19-32(26)28-24(6)15-21(3)16-25(28)7/h13-16,26H,8-12,17-19H2,1-7H3. The monoisotopic (exact) mass is 434 g/mol. The molecule has 174 valence electrons. The maximum Gasteiger partial charge on any atom is 0.0908 e. The van der Waals surface area contributed by atoms with Crippen LogP contribution in [0.1, 0.15) is 40.3 Å².